The van der Waals surface area contributed by atoms with E-state index in [-0.39, 0.29) is 11.7 Å². The standard InChI is InChI=1S/C23H37NO8/c1-3-4-5-6-7-8-9-19(26)24-13-15-10-11-16(17(12-15)30-2)31-23-22(29)21(28)20(27)18(14-25)32-23/h10-12,18,20-23,25,27-29H,3-9,13-14H2,1-2H3,(H,24,26)/t18-,20-,21+,22+,23-/m1/s1. The zero-order valence-corrected chi connectivity index (χ0v) is 18.9. The second-order valence-corrected chi connectivity index (χ2v) is 8.09. The third-order valence-corrected chi connectivity index (χ3v) is 5.57. The molecule has 182 valence electrons. The Balaban J connectivity index is 1.87. The molecular weight excluding hydrogens is 418 g/mol. The summed E-state index contributed by atoms with van der Waals surface area (Å²) in [7, 11) is 1.45. The zero-order valence-electron chi connectivity index (χ0n) is 18.9. The molecule has 1 saturated heterocycles. The van der Waals surface area contributed by atoms with Crippen molar-refractivity contribution in [2.75, 3.05) is 13.7 Å². The van der Waals surface area contributed by atoms with Gasteiger partial charge in [0.2, 0.25) is 12.2 Å². The summed E-state index contributed by atoms with van der Waals surface area (Å²) in [5, 5.41) is 42.1. The van der Waals surface area contributed by atoms with Gasteiger partial charge in [0.05, 0.1) is 13.7 Å². The van der Waals surface area contributed by atoms with Crippen LogP contribution >= 0.6 is 0 Å². The molecule has 1 aromatic rings. The van der Waals surface area contributed by atoms with Crippen molar-refractivity contribution < 1.29 is 39.4 Å². The predicted octanol–water partition coefficient (Wildman–Crippen LogP) is 1.24. The summed E-state index contributed by atoms with van der Waals surface area (Å²) in [4.78, 5) is 12.1. The van der Waals surface area contributed by atoms with Crippen molar-refractivity contribution in [3.63, 3.8) is 0 Å². The average molecular weight is 456 g/mol. The quantitative estimate of drug-likeness (QED) is 0.280. The largest absolute Gasteiger partial charge is 0.493 e. The molecule has 0 radical (unpaired) electrons. The van der Waals surface area contributed by atoms with E-state index in [0.717, 1.165) is 24.8 Å². The van der Waals surface area contributed by atoms with Gasteiger partial charge in [0, 0.05) is 13.0 Å². The summed E-state index contributed by atoms with van der Waals surface area (Å²) in [5.74, 6) is 0.602. The molecule has 0 aliphatic carbocycles. The van der Waals surface area contributed by atoms with Crippen LogP contribution in [0.25, 0.3) is 0 Å². The molecule has 0 saturated carbocycles. The summed E-state index contributed by atoms with van der Waals surface area (Å²) >= 11 is 0. The van der Waals surface area contributed by atoms with E-state index in [1.807, 2.05) is 0 Å². The number of hydrogen-bond acceptors (Lipinski definition) is 8. The molecule has 1 aliphatic heterocycles. The Bertz CT molecular complexity index is 699. The first kappa shape index (κ1) is 26.3. The first-order chi connectivity index (χ1) is 15.4. The van der Waals surface area contributed by atoms with Crippen LogP contribution < -0.4 is 14.8 Å². The van der Waals surface area contributed by atoms with Gasteiger partial charge >= 0.3 is 0 Å². The Labute approximate surface area is 189 Å². The molecule has 0 spiro atoms. The lowest BCUT2D eigenvalue weighted by atomic mass is 9.99. The third kappa shape index (κ3) is 7.60. The van der Waals surface area contributed by atoms with E-state index in [4.69, 9.17) is 14.2 Å². The van der Waals surface area contributed by atoms with E-state index in [1.165, 1.54) is 26.4 Å². The number of benzene rings is 1. The summed E-state index contributed by atoms with van der Waals surface area (Å²) < 4.78 is 16.4. The summed E-state index contributed by atoms with van der Waals surface area (Å²) in [6.45, 7) is 1.97. The van der Waals surface area contributed by atoms with E-state index in [2.05, 4.69) is 12.2 Å². The third-order valence-electron chi connectivity index (χ3n) is 5.57. The van der Waals surface area contributed by atoms with E-state index >= 15 is 0 Å². The Hall–Kier alpha value is -1.91. The molecule has 1 amide bonds. The number of aliphatic hydroxyl groups is 4. The number of carbonyl (C=O) groups is 1. The molecule has 1 fully saturated rings. The second-order valence-electron chi connectivity index (χ2n) is 8.09. The van der Waals surface area contributed by atoms with Gasteiger partial charge in [-0.25, -0.2) is 0 Å². The maximum atomic E-state index is 12.1. The van der Waals surface area contributed by atoms with E-state index < -0.39 is 37.3 Å². The van der Waals surface area contributed by atoms with Crippen LogP contribution in [0.4, 0.5) is 0 Å². The molecule has 0 unspecified atom stereocenters. The number of unbranched alkanes of at least 4 members (excludes halogenated alkanes) is 5. The average Bonchev–Trinajstić information content (AvgIpc) is 2.80. The number of ether oxygens (including phenoxy) is 3. The molecule has 5 N–H and O–H groups in total. The molecule has 1 aromatic carbocycles. The first-order valence-corrected chi connectivity index (χ1v) is 11.3. The Morgan fingerprint density at radius 2 is 1.75 bits per heavy atom. The van der Waals surface area contributed by atoms with Crippen molar-refractivity contribution >= 4 is 5.91 Å². The van der Waals surface area contributed by atoms with Gasteiger partial charge in [0.15, 0.2) is 11.5 Å². The molecule has 1 heterocycles. The van der Waals surface area contributed by atoms with Crippen molar-refractivity contribution in [3.8, 4) is 11.5 Å². The fraction of sp³-hybridized carbons (Fsp3) is 0.696. The number of rotatable bonds is 13. The summed E-state index contributed by atoms with van der Waals surface area (Å²) in [6.07, 6.45) is 0.394. The number of amides is 1. The van der Waals surface area contributed by atoms with Gasteiger partial charge < -0.3 is 40.0 Å². The second kappa shape index (κ2) is 13.6. The van der Waals surface area contributed by atoms with Crippen LogP contribution in [0.2, 0.25) is 0 Å². The number of hydrogen-bond donors (Lipinski definition) is 5. The highest BCUT2D eigenvalue weighted by Gasteiger charge is 2.44. The van der Waals surface area contributed by atoms with Gasteiger partial charge in [-0.3, -0.25) is 4.79 Å². The first-order valence-electron chi connectivity index (χ1n) is 11.3. The van der Waals surface area contributed by atoms with E-state index in [1.54, 1.807) is 18.2 Å². The Morgan fingerprint density at radius 1 is 1.03 bits per heavy atom. The molecule has 32 heavy (non-hydrogen) atoms. The maximum Gasteiger partial charge on any atom is 0.229 e. The molecule has 1 aliphatic rings. The van der Waals surface area contributed by atoms with Gasteiger partial charge in [-0.15, -0.1) is 0 Å². The number of aliphatic hydroxyl groups excluding tert-OH is 4. The minimum absolute atomic E-state index is 0.00102. The van der Waals surface area contributed by atoms with Crippen molar-refractivity contribution in [1.82, 2.24) is 5.32 Å². The molecule has 9 heteroatoms. The molecule has 0 bridgehead atoms. The van der Waals surface area contributed by atoms with Crippen LogP contribution in [0.15, 0.2) is 18.2 Å². The molecule has 2 rings (SSSR count). The van der Waals surface area contributed by atoms with Gasteiger partial charge in [-0.1, -0.05) is 45.1 Å². The molecule has 9 nitrogen and oxygen atoms in total. The topological polar surface area (TPSA) is 138 Å². The minimum atomic E-state index is -1.53. The van der Waals surface area contributed by atoms with Crippen molar-refractivity contribution in [3.05, 3.63) is 23.8 Å². The smallest absolute Gasteiger partial charge is 0.229 e. The highest BCUT2D eigenvalue weighted by molar-refractivity contribution is 5.75. The fourth-order valence-electron chi connectivity index (χ4n) is 3.56. The van der Waals surface area contributed by atoms with E-state index in [0.29, 0.717) is 18.7 Å². The maximum absolute atomic E-state index is 12.1. The molecule has 0 aromatic heterocycles. The Kier molecular flexibility index (Phi) is 11.2. The number of carbonyl (C=O) groups excluding carboxylic acids is 1. The van der Waals surface area contributed by atoms with Gasteiger partial charge in [-0.05, 0) is 24.1 Å². The lowest BCUT2D eigenvalue weighted by Gasteiger charge is -2.39. The van der Waals surface area contributed by atoms with Crippen LogP contribution in [-0.2, 0) is 16.1 Å². The summed E-state index contributed by atoms with van der Waals surface area (Å²) in [5.41, 5.74) is 0.805. The normalized spacial score (nSPS) is 25.4. The fourth-order valence-corrected chi connectivity index (χ4v) is 3.56. The van der Waals surface area contributed by atoms with Gasteiger partial charge in [0.1, 0.15) is 24.4 Å². The predicted molar refractivity (Wildman–Crippen MR) is 117 cm³/mol. The molecule has 5 atom stereocenters. The van der Waals surface area contributed by atoms with Crippen LogP contribution in [-0.4, -0.2) is 70.8 Å². The van der Waals surface area contributed by atoms with Crippen molar-refractivity contribution in [1.29, 1.82) is 0 Å². The van der Waals surface area contributed by atoms with Crippen LogP contribution in [0, 0.1) is 0 Å². The zero-order chi connectivity index (χ0) is 23.5. The SMILES string of the molecule is CCCCCCCCC(=O)NCc1ccc(O[C@@H]2O[C@H](CO)[C@@H](O)[C@H](O)[C@@H]2O)c(OC)c1. The lowest BCUT2D eigenvalue weighted by Crippen LogP contribution is -2.60. The van der Waals surface area contributed by atoms with Gasteiger partial charge in [0.25, 0.3) is 0 Å². The minimum Gasteiger partial charge on any atom is -0.493 e. The Morgan fingerprint density at radius 3 is 2.44 bits per heavy atom. The van der Waals surface area contributed by atoms with Crippen molar-refractivity contribution in [2.24, 2.45) is 0 Å². The molecular formula is C23H37NO8. The number of nitrogens with one attached hydrogen (secondary N) is 1. The van der Waals surface area contributed by atoms with Crippen LogP contribution in [0.3, 0.4) is 0 Å². The van der Waals surface area contributed by atoms with E-state index in [9.17, 15) is 25.2 Å². The highest BCUT2D eigenvalue weighted by Crippen LogP contribution is 2.32. The number of methoxy groups -OCH3 is 1. The van der Waals surface area contributed by atoms with Crippen LogP contribution in [0.5, 0.6) is 11.5 Å². The lowest BCUT2D eigenvalue weighted by molar-refractivity contribution is -0.277. The van der Waals surface area contributed by atoms with Crippen LogP contribution in [0.1, 0.15) is 57.4 Å². The van der Waals surface area contributed by atoms with Crippen molar-refractivity contribution in [2.45, 2.75) is 89.1 Å². The summed E-state index contributed by atoms with van der Waals surface area (Å²) in [6, 6.07) is 5.05. The monoisotopic (exact) mass is 455 g/mol. The highest BCUT2D eigenvalue weighted by atomic mass is 16.7. The van der Waals surface area contributed by atoms with Gasteiger partial charge in [-0.2, -0.15) is 0 Å².